The van der Waals surface area contributed by atoms with E-state index in [1.165, 1.54) is 0 Å². The number of rotatable bonds is 4. The van der Waals surface area contributed by atoms with Crippen molar-refractivity contribution in [2.75, 3.05) is 23.8 Å². The number of hydrogen-bond donors (Lipinski definition) is 2. The lowest BCUT2D eigenvalue weighted by Crippen LogP contribution is -2.28. The molecule has 4 rings (SSSR count). The lowest BCUT2D eigenvalue weighted by atomic mass is 10.1. The van der Waals surface area contributed by atoms with Crippen molar-refractivity contribution in [3.63, 3.8) is 0 Å². The minimum absolute atomic E-state index is 0.0689. The molecule has 0 radical (unpaired) electrons. The molecule has 0 aromatic heterocycles. The van der Waals surface area contributed by atoms with Crippen LogP contribution in [0.4, 0.5) is 11.4 Å². The lowest BCUT2D eigenvalue weighted by molar-refractivity contribution is -0.122. The van der Waals surface area contributed by atoms with Gasteiger partial charge in [-0.15, -0.1) is 0 Å². The van der Waals surface area contributed by atoms with Crippen molar-refractivity contribution < 1.29 is 14.4 Å². The van der Waals surface area contributed by atoms with E-state index in [0.717, 1.165) is 16.5 Å². The van der Waals surface area contributed by atoms with Gasteiger partial charge in [-0.1, -0.05) is 42.5 Å². The Morgan fingerprint density at radius 1 is 1.00 bits per heavy atom. The molecule has 0 saturated carbocycles. The normalized spacial score (nSPS) is 16.1. The monoisotopic (exact) mass is 387 g/mol. The third kappa shape index (κ3) is 3.69. The van der Waals surface area contributed by atoms with Gasteiger partial charge in [0.2, 0.25) is 11.8 Å². The molecule has 3 amide bonds. The van der Waals surface area contributed by atoms with E-state index in [1.807, 2.05) is 42.5 Å². The highest BCUT2D eigenvalue weighted by molar-refractivity contribution is 6.08. The molecule has 3 aromatic carbocycles. The van der Waals surface area contributed by atoms with Crippen LogP contribution in [0.3, 0.4) is 0 Å². The second-order valence-electron chi connectivity index (χ2n) is 7.05. The first-order valence-corrected chi connectivity index (χ1v) is 9.48. The Morgan fingerprint density at radius 2 is 1.76 bits per heavy atom. The van der Waals surface area contributed by atoms with Gasteiger partial charge in [0.25, 0.3) is 5.91 Å². The summed E-state index contributed by atoms with van der Waals surface area (Å²) in [7, 11) is 1.56. The number of anilines is 2. The van der Waals surface area contributed by atoms with Crippen LogP contribution in [-0.2, 0) is 9.59 Å². The Bertz CT molecular complexity index is 1100. The van der Waals surface area contributed by atoms with E-state index in [9.17, 15) is 14.4 Å². The molecule has 1 aliphatic heterocycles. The summed E-state index contributed by atoms with van der Waals surface area (Å²) in [6, 6.07) is 20.5. The number of nitrogens with zero attached hydrogens (tertiary/aromatic N) is 1. The zero-order valence-corrected chi connectivity index (χ0v) is 16.0. The van der Waals surface area contributed by atoms with Crippen molar-refractivity contribution in [3.05, 3.63) is 72.3 Å². The van der Waals surface area contributed by atoms with E-state index in [0.29, 0.717) is 17.8 Å². The van der Waals surface area contributed by atoms with Crippen LogP contribution in [0.1, 0.15) is 16.8 Å². The molecule has 1 atom stereocenters. The summed E-state index contributed by atoms with van der Waals surface area (Å²) in [5.41, 5.74) is 1.82. The summed E-state index contributed by atoms with van der Waals surface area (Å²) in [5.74, 6) is -0.972. The molecule has 0 bridgehead atoms. The minimum Gasteiger partial charge on any atom is -0.355 e. The Morgan fingerprint density at radius 3 is 2.59 bits per heavy atom. The number of benzene rings is 3. The number of hydrogen-bond acceptors (Lipinski definition) is 3. The average Bonchev–Trinajstić information content (AvgIpc) is 3.14. The van der Waals surface area contributed by atoms with Gasteiger partial charge in [0.05, 0.1) is 11.6 Å². The maximum absolute atomic E-state index is 12.8. The van der Waals surface area contributed by atoms with Crippen molar-refractivity contribution in [2.24, 2.45) is 5.92 Å². The molecule has 1 saturated heterocycles. The first-order chi connectivity index (χ1) is 14.1. The van der Waals surface area contributed by atoms with Crippen LogP contribution >= 0.6 is 0 Å². The van der Waals surface area contributed by atoms with Gasteiger partial charge in [0.15, 0.2) is 0 Å². The van der Waals surface area contributed by atoms with Crippen molar-refractivity contribution in [2.45, 2.75) is 6.42 Å². The number of amides is 3. The fraction of sp³-hybridized carbons (Fsp3) is 0.174. The smallest absolute Gasteiger partial charge is 0.251 e. The van der Waals surface area contributed by atoms with Gasteiger partial charge in [0, 0.05) is 36.7 Å². The molecule has 6 nitrogen and oxygen atoms in total. The van der Waals surface area contributed by atoms with E-state index < -0.39 is 5.92 Å². The highest BCUT2D eigenvalue weighted by Gasteiger charge is 2.35. The summed E-state index contributed by atoms with van der Waals surface area (Å²) in [6.45, 7) is 0.327. The molecular formula is C23H21N3O3. The van der Waals surface area contributed by atoms with Crippen molar-refractivity contribution in [3.8, 4) is 0 Å². The summed E-state index contributed by atoms with van der Waals surface area (Å²) in [5, 5.41) is 7.43. The fourth-order valence-electron chi connectivity index (χ4n) is 3.69. The van der Waals surface area contributed by atoms with Crippen LogP contribution in [0.25, 0.3) is 10.8 Å². The fourth-order valence-corrected chi connectivity index (χ4v) is 3.69. The van der Waals surface area contributed by atoms with Gasteiger partial charge in [0.1, 0.15) is 0 Å². The van der Waals surface area contributed by atoms with Crippen LogP contribution in [0.2, 0.25) is 0 Å². The van der Waals surface area contributed by atoms with Crippen LogP contribution in [0.5, 0.6) is 0 Å². The molecule has 1 aliphatic rings. The molecule has 0 aliphatic carbocycles. The van der Waals surface area contributed by atoms with E-state index >= 15 is 0 Å². The summed E-state index contributed by atoms with van der Waals surface area (Å²) >= 11 is 0. The Balaban J connectivity index is 1.52. The molecule has 6 heteroatoms. The number of carbonyl (C=O) groups excluding carboxylic acids is 3. The Kier molecular flexibility index (Phi) is 4.99. The van der Waals surface area contributed by atoms with Crippen LogP contribution < -0.4 is 15.5 Å². The zero-order valence-electron chi connectivity index (χ0n) is 16.0. The van der Waals surface area contributed by atoms with Crippen molar-refractivity contribution >= 4 is 39.9 Å². The molecule has 1 heterocycles. The summed E-state index contributed by atoms with van der Waals surface area (Å²) in [6.07, 6.45) is 0.157. The Labute approximate surface area is 168 Å². The third-order valence-corrected chi connectivity index (χ3v) is 5.17. The molecule has 29 heavy (non-hydrogen) atoms. The molecule has 1 fully saturated rings. The number of nitrogens with one attached hydrogen (secondary N) is 2. The molecule has 3 aromatic rings. The van der Waals surface area contributed by atoms with E-state index in [4.69, 9.17) is 0 Å². The second-order valence-corrected chi connectivity index (χ2v) is 7.05. The van der Waals surface area contributed by atoms with Gasteiger partial charge in [-0.25, -0.2) is 0 Å². The SMILES string of the molecule is CNC(=O)c1cccc(NC(=O)C2CC(=O)N(c3cccc4ccccc34)C2)c1. The maximum atomic E-state index is 12.8. The van der Waals surface area contributed by atoms with Crippen molar-refractivity contribution in [1.82, 2.24) is 5.32 Å². The van der Waals surface area contributed by atoms with Gasteiger partial charge >= 0.3 is 0 Å². The predicted octanol–water partition coefficient (Wildman–Crippen LogP) is 3.19. The van der Waals surface area contributed by atoms with E-state index in [1.54, 1.807) is 36.2 Å². The van der Waals surface area contributed by atoms with Crippen molar-refractivity contribution in [1.29, 1.82) is 0 Å². The van der Waals surface area contributed by atoms with E-state index in [2.05, 4.69) is 10.6 Å². The molecule has 0 spiro atoms. The average molecular weight is 387 g/mol. The van der Waals surface area contributed by atoms with E-state index in [-0.39, 0.29) is 24.1 Å². The van der Waals surface area contributed by atoms with Crippen LogP contribution in [0.15, 0.2) is 66.7 Å². The molecule has 146 valence electrons. The first kappa shape index (κ1) is 18.7. The second kappa shape index (κ2) is 7.75. The van der Waals surface area contributed by atoms with Crippen LogP contribution in [0, 0.1) is 5.92 Å². The van der Waals surface area contributed by atoms with Gasteiger partial charge in [-0.3, -0.25) is 14.4 Å². The number of fused-ring (bicyclic) bond motifs is 1. The minimum atomic E-state index is -0.454. The molecule has 2 N–H and O–H groups in total. The maximum Gasteiger partial charge on any atom is 0.251 e. The highest BCUT2D eigenvalue weighted by Crippen LogP contribution is 2.32. The summed E-state index contributed by atoms with van der Waals surface area (Å²) < 4.78 is 0. The van der Waals surface area contributed by atoms with Gasteiger partial charge in [-0.05, 0) is 29.7 Å². The largest absolute Gasteiger partial charge is 0.355 e. The highest BCUT2D eigenvalue weighted by atomic mass is 16.2. The zero-order chi connectivity index (χ0) is 20.4. The predicted molar refractivity (Wildman–Crippen MR) is 113 cm³/mol. The van der Waals surface area contributed by atoms with Gasteiger partial charge in [-0.2, -0.15) is 0 Å². The Hall–Kier alpha value is -3.67. The third-order valence-electron chi connectivity index (χ3n) is 5.17. The topological polar surface area (TPSA) is 78.5 Å². The quantitative estimate of drug-likeness (QED) is 0.722. The first-order valence-electron chi connectivity index (χ1n) is 9.48. The standard InChI is InChI=1S/C23H21N3O3/c1-24-22(28)16-8-4-9-18(12-16)25-23(29)17-13-21(27)26(14-17)20-11-5-7-15-6-2-3-10-19(15)20/h2-12,17H,13-14H2,1H3,(H,24,28)(H,25,29). The summed E-state index contributed by atoms with van der Waals surface area (Å²) in [4.78, 5) is 38.9. The van der Waals surface area contributed by atoms with Gasteiger partial charge < -0.3 is 15.5 Å². The van der Waals surface area contributed by atoms with Crippen LogP contribution in [-0.4, -0.2) is 31.3 Å². The molecular weight excluding hydrogens is 366 g/mol. The number of carbonyl (C=O) groups is 3. The lowest BCUT2D eigenvalue weighted by Gasteiger charge is -2.19. The molecule has 1 unspecified atom stereocenters.